The highest BCUT2D eigenvalue weighted by Gasteiger charge is 2.14. The normalized spacial score (nSPS) is 12.8. The summed E-state index contributed by atoms with van der Waals surface area (Å²) in [6.45, 7) is 3.52. The third-order valence-corrected chi connectivity index (χ3v) is 6.13. The first-order valence-electron chi connectivity index (χ1n) is 8.28. The Kier molecular flexibility index (Phi) is 5.59. The smallest absolute Gasteiger partial charge is 0.300 e. The first kappa shape index (κ1) is 19.5. The Morgan fingerprint density at radius 1 is 1.33 bits per heavy atom. The number of thiazole rings is 1. The Morgan fingerprint density at radius 2 is 2.11 bits per heavy atom. The Balaban J connectivity index is 2.13. The highest BCUT2D eigenvalue weighted by atomic mass is 32.2. The van der Waals surface area contributed by atoms with E-state index in [0.717, 1.165) is 10.2 Å². The molecule has 2 heterocycles. The van der Waals surface area contributed by atoms with E-state index in [1.54, 1.807) is 42.3 Å². The Labute approximate surface area is 160 Å². The summed E-state index contributed by atoms with van der Waals surface area (Å²) in [5.41, 5.74) is 1.07. The van der Waals surface area contributed by atoms with Gasteiger partial charge in [0.25, 0.3) is 5.91 Å². The molecule has 10 heteroatoms. The number of amides is 1. The largest absolute Gasteiger partial charge is 0.383 e. The maximum absolute atomic E-state index is 12.5. The van der Waals surface area contributed by atoms with E-state index in [1.807, 2.05) is 11.5 Å². The summed E-state index contributed by atoms with van der Waals surface area (Å²) in [7, 11) is -1.73. The molecule has 0 spiro atoms. The van der Waals surface area contributed by atoms with Crippen molar-refractivity contribution in [3.63, 3.8) is 0 Å². The molecule has 0 atom stereocenters. The van der Waals surface area contributed by atoms with E-state index in [9.17, 15) is 13.2 Å². The summed E-state index contributed by atoms with van der Waals surface area (Å²) < 4.78 is 33.0. The summed E-state index contributed by atoms with van der Waals surface area (Å²) in [4.78, 5) is 17.4. The van der Waals surface area contributed by atoms with Gasteiger partial charge in [-0.3, -0.25) is 9.48 Å². The van der Waals surface area contributed by atoms with Crippen LogP contribution in [0.5, 0.6) is 0 Å². The topological polar surface area (TPSA) is 95.6 Å². The van der Waals surface area contributed by atoms with Crippen molar-refractivity contribution in [1.29, 1.82) is 0 Å². The van der Waals surface area contributed by atoms with Crippen LogP contribution in [0.3, 0.4) is 0 Å². The minimum atomic E-state index is -3.32. The molecule has 1 aromatic carbocycles. The lowest BCUT2D eigenvalue weighted by atomic mass is 10.3. The molecule has 3 rings (SSSR count). The van der Waals surface area contributed by atoms with E-state index >= 15 is 0 Å². The van der Waals surface area contributed by atoms with Crippen LogP contribution in [0.1, 0.15) is 17.4 Å². The monoisotopic (exact) mass is 408 g/mol. The first-order chi connectivity index (χ1) is 12.8. The van der Waals surface area contributed by atoms with Crippen LogP contribution < -0.4 is 4.80 Å². The Morgan fingerprint density at radius 3 is 2.74 bits per heavy atom. The van der Waals surface area contributed by atoms with Gasteiger partial charge in [0.15, 0.2) is 20.3 Å². The highest BCUT2D eigenvalue weighted by molar-refractivity contribution is 7.90. The number of rotatable bonds is 6. The van der Waals surface area contributed by atoms with Gasteiger partial charge in [0, 0.05) is 32.7 Å². The molecule has 1 amide bonds. The lowest BCUT2D eigenvalue weighted by Crippen LogP contribution is -2.19. The number of carbonyl (C=O) groups is 1. The Hall–Kier alpha value is -2.30. The average Bonchev–Trinajstić information content (AvgIpc) is 3.23. The molecule has 0 fully saturated rings. The van der Waals surface area contributed by atoms with Crippen molar-refractivity contribution >= 4 is 37.3 Å². The van der Waals surface area contributed by atoms with Crippen LogP contribution in [0.2, 0.25) is 0 Å². The van der Waals surface area contributed by atoms with Crippen molar-refractivity contribution in [3.8, 4) is 0 Å². The lowest BCUT2D eigenvalue weighted by molar-refractivity contribution is 0.0992. The summed E-state index contributed by atoms with van der Waals surface area (Å²) in [5.74, 6) is -0.441. The number of fused-ring (bicyclic) bond motifs is 1. The quantitative estimate of drug-likeness (QED) is 0.619. The van der Waals surface area contributed by atoms with Gasteiger partial charge in [-0.15, -0.1) is 0 Å². The van der Waals surface area contributed by atoms with Gasteiger partial charge in [0.2, 0.25) is 0 Å². The van der Waals surface area contributed by atoms with Crippen LogP contribution in [0.4, 0.5) is 0 Å². The fraction of sp³-hybridized carbons (Fsp3) is 0.353. The van der Waals surface area contributed by atoms with Crippen molar-refractivity contribution in [2.75, 3.05) is 20.0 Å². The second-order valence-corrected chi connectivity index (χ2v) is 8.93. The molecule has 0 N–H and O–H groups in total. The van der Waals surface area contributed by atoms with E-state index in [-0.39, 0.29) is 10.6 Å². The van der Waals surface area contributed by atoms with E-state index in [0.29, 0.717) is 24.5 Å². The number of aryl methyl sites for hydroxylation is 1. The predicted molar refractivity (Wildman–Crippen MR) is 103 cm³/mol. The molecule has 0 aliphatic rings. The molecule has 2 aromatic heterocycles. The van der Waals surface area contributed by atoms with Gasteiger partial charge in [-0.05, 0) is 31.2 Å². The number of aromatic nitrogens is 3. The molecular weight excluding hydrogens is 388 g/mol. The molecule has 0 radical (unpaired) electrons. The molecule has 0 saturated carbocycles. The zero-order chi connectivity index (χ0) is 19.6. The molecule has 0 aliphatic heterocycles. The van der Waals surface area contributed by atoms with E-state index in [2.05, 4.69) is 10.1 Å². The second-order valence-electron chi connectivity index (χ2n) is 5.90. The third kappa shape index (κ3) is 4.18. The van der Waals surface area contributed by atoms with E-state index in [1.165, 1.54) is 17.6 Å². The number of ether oxygens (including phenoxy) is 1. The van der Waals surface area contributed by atoms with E-state index in [4.69, 9.17) is 4.74 Å². The number of benzene rings is 1. The number of sulfone groups is 1. The lowest BCUT2D eigenvalue weighted by Gasteiger charge is -2.04. The fourth-order valence-electron chi connectivity index (χ4n) is 2.56. The molecule has 3 aromatic rings. The van der Waals surface area contributed by atoms with Crippen LogP contribution >= 0.6 is 11.3 Å². The van der Waals surface area contributed by atoms with Crippen molar-refractivity contribution in [3.05, 3.63) is 41.0 Å². The molecule has 27 heavy (non-hydrogen) atoms. The Bertz CT molecular complexity index is 1160. The number of methoxy groups -OCH3 is 1. The van der Waals surface area contributed by atoms with Crippen molar-refractivity contribution in [2.45, 2.75) is 24.9 Å². The van der Waals surface area contributed by atoms with Gasteiger partial charge in [-0.2, -0.15) is 10.1 Å². The molecule has 0 saturated heterocycles. The standard InChI is InChI=1S/C17H20N4O4S2/c1-4-20-8-7-13(19-20)16(22)18-17-21(9-10-25-2)14-6-5-12(27(3,23)24)11-15(14)26-17/h5-8,11H,4,9-10H2,1-3H3. The molecule has 144 valence electrons. The maximum atomic E-state index is 12.5. The second kappa shape index (κ2) is 7.75. The predicted octanol–water partition coefficient (Wildman–Crippen LogP) is 1.71. The van der Waals surface area contributed by atoms with Gasteiger partial charge < -0.3 is 9.30 Å². The minimum Gasteiger partial charge on any atom is -0.383 e. The number of hydrogen-bond acceptors (Lipinski definition) is 6. The van der Waals surface area contributed by atoms with Gasteiger partial charge in [0.05, 0.1) is 21.7 Å². The van der Waals surface area contributed by atoms with Gasteiger partial charge in [0.1, 0.15) is 0 Å². The fourth-order valence-corrected chi connectivity index (χ4v) is 4.38. The summed E-state index contributed by atoms with van der Waals surface area (Å²) in [5, 5.41) is 4.18. The molecule has 0 bridgehead atoms. The average molecular weight is 409 g/mol. The van der Waals surface area contributed by atoms with Crippen LogP contribution in [-0.2, 0) is 27.7 Å². The molecule has 0 aliphatic carbocycles. The number of carbonyl (C=O) groups excluding carboxylic acids is 1. The van der Waals surface area contributed by atoms with Crippen molar-refractivity contribution < 1.29 is 17.9 Å². The molecular formula is C17H20N4O4S2. The summed E-state index contributed by atoms with van der Waals surface area (Å²) in [6.07, 6.45) is 2.89. The van der Waals surface area contributed by atoms with Gasteiger partial charge >= 0.3 is 0 Å². The maximum Gasteiger partial charge on any atom is 0.300 e. The van der Waals surface area contributed by atoms with Crippen LogP contribution in [-0.4, -0.2) is 48.6 Å². The van der Waals surface area contributed by atoms with Crippen molar-refractivity contribution in [1.82, 2.24) is 14.3 Å². The zero-order valence-corrected chi connectivity index (χ0v) is 16.9. The SMILES string of the molecule is CCn1ccc(C(=O)N=c2sc3cc(S(C)(=O)=O)ccc3n2CCOC)n1. The highest BCUT2D eigenvalue weighted by Crippen LogP contribution is 2.22. The minimum absolute atomic E-state index is 0.231. The van der Waals surface area contributed by atoms with Gasteiger partial charge in [-0.1, -0.05) is 11.3 Å². The summed E-state index contributed by atoms with van der Waals surface area (Å²) >= 11 is 1.26. The molecule has 8 nitrogen and oxygen atoms in total. The van der Waals surface area contributed by atoms with Crippen LogP contribution in [0.15, 0.2) is 40.4 Å². The zero-order valence-electron chi connectivity index (χ0n) is 15.2. The van der Waals surface area contributed by atoms with Gasteiger partial charge in [-0.25, -0.2) is 8.42 Å². The van der Waals surface area contributed by atoms with Crippen LogP contribution in [0.25, 0.3) is 10.2 Å². The van der Waals surface area contributed by atoms with Crippen LogP contribution in [0, 0.1) is 0 Å². The number of hydrogen-bond donors (Lipinski definition) is 0. The first-order valence-corrected chi connectivity index (χ1v) is 11.0. The summed E-state index contributed by atoms with van der Waals surface area (Å²) in [6, 6.07) is 6.52. The van der Waals surface area contributed by atoms with Crippen molar-refractivity contribution in [2.24, 2.45) is 4.99 Å². The molecule has 0 unspecified atom stereocenters. The third-order valence-electron chi connectivity index (χ3n) is 3.98. The van der Waals surface area contributed by atoms with E-state index < -0.39 is 15.7 Å². The number of nitrogens with zero attached hydrogens (tertiary/aromatic N) is 4.